The molecule has 0 atom stereocenters. The summed E-state index contributed by atoms with van der Waals surface area (Å²) in [5, 5.41) is 2.91. The summed E-state index contributed by atoms with van der Waals surface area (Å²) in [7, 11) is -1.24. The maximum Gasteiger partial charge on any atom is 0.156 e. The molecule has 0 unspecified atom stereocenters. The fourth-order valence-corrected chi connectivity index (χ4v) is 3.08. The van der Waals surface area contributed by atoms with Crippen molar-refractivity contribution in [3.8, 4) is 0 Å². The monoisotopic (exact) mass is 242 g/mol. The Labute approximate surface area is 94.2 Å². The molecule has 2 rings (SSSR count). The third-order valence-electron chi connectivity index (χ3n) is 2.53. The molecule has 1 aliphatic rings. The van der Waals surface area contributed by atoms with Crippen molar-refractivity contribution in [1.82, 2.24) is 15.3 Å². The number of aromatic nitrogens is 2. The molecule has 2 heterocycles. The Bertz CT molecular complexity index is 512. The molecule has 0 radical (unpaired) electrons. The van der Waals surface area contributed by atoms with Gasteiger partial charge in [0.25, 0.3) is 0 Å². The van der Waals surface area contributed by atoms with E-state index >= 15 is 0 Å². The minimum atomic E-state index is -3.01. The second-order valence-electron chi connectivity index (χ2n) is 3.82. The van der Waals surface area contributed by atoms with Crippen LogP contribution in [0.4, 0.5) is 5.82 Å². The first-order valence-electron chi connectivity index (χ1n) is 5.01. The first-order valence-corrected chi connectivity index (χ1v) is 6.83. The SMILES string of the molecule is CNCc1nc(N)c2c(n1)CS(=O)(=O)CC2. The normalized spacial score (nSPS) is 18.1. The van der Waals surface area contributed by atoms with E-state index in [1.165, 1.54) is 0 Å². The van der Waals surface area contributed by atoms with Crippen LogP contribution in [0.1, 0.15) is 17.1 Å². The van der Waals surface area contributed by atoms with E-state index in [1.807, 2.05) is 0 Å². The van der Waals surface area contributed by atoms with Gasteiger partial charge in [0.15, 0.2) is 9.84 Å². The quantitative estimate of drug-likeness (QED) is 0.708. The number of hydrogen-bond acceptors (Lipinski definition) is 6. The van der Waals surface area contributed by atoms with Crippen molar-refractivity contribution < 1.29 is 8.42 Å². The van der Waals surface area contributed by atoms with E-state index in [9.17, 15) is 8.42 Å². The van der Waals surface area contributed by atoms with Crippen LogP contribution in [-0.4, -0.2) is 31.2 Å². The van der Waals surface area contributed by atoms with Crippen molar-refractivity contribution in [2.75, 3.05) is 18.5 Å². The number of nitrogen functional groups attached to an aromatic ring is 1. The Hall–Kier alpha value is -1.21. The molecule has 0 aromatic carbocycles. The van der Waals surface area contributed by atoms with Gasteiger partial charge >= 0.3 is 0 Å². The largest absolute Gasteiger partial charge is 0.383 e. The number of fused-ring (bicyclic) bond motifs is 1. The van der Waals surface area contributed by atoms with E-state index in [1.54, 1.807) is 7.05 Å². The minimum absolute atomic E-state index is 0.0221. The molecule has 3 N–H and O–H groups in total. The molecule has 1 aromatic heterocycles. The molecule has 0 bridgehead atoms. The summed E-state index contributed by atoms with van der Waals surface area (Å²) in [4.78, 5) is 8.36. The summed E-state index contributed by atoms with van der Waals surface area (Å²) in [6.07, 6.45) is 0.420. The maximum atomic E-state index is 11.5. The molecule has 0 saturated carbocycles. The highest BCUT2D eigenvalue weighted by Gasteiger charge is 2.25. The van der Waals surface area contributed by atoms with Gasteiger partial charge in [0.05, 0.1) is 23.7 Å². The molecule has 0 fully saturated rings. The van der Waals surface area contributed by atoms with Crippen molar-refractivity contribution in [2.45, 2.75) is 18.7 Å². The Kier molecular flexibility index (Phi) is 2.81. The van der Waals surface area contributed by atoms with Crippen molar-refractivity contribution in [3.05, 3.63) is 17.1 Å². The number of anilines is 1. The van der Waals surface area contributed by atoms with Gasteiger partial charge in [0, 0.05) is 5.56 Å². The van der Waals surface area contributed by atoms with Crippen LogP contribution < -0.4 is 11.1 Å². The van der Waals surface area contributed by atoms with Crippen LogP contribution in [0.5, 0.6) is 0 Å². The highest BCUT2D eigenvalue weighted by molar-refractivity contribution is 7.90. The van der Waals surface area contributed by atoms with Crippen LogP contribution in [0.25, 0.3) is 0 Å². The predicted octanol–water partition coefficient (Wildman–Crippen LogP) is -0.751. The van der Waals surface area contributed by atoms with E-state index in [2.05, 4.69) is 15.3 Å². The first-order chi connectivity index (χ1) is 7.52. The lowest BCUT2D eigenvalue weighted by Gasteiger charge is -2.17. The number of sulfone groups is 1. The molecule has 1 aliphatic heterocycles. The summed E-state index contributed by atoms with van der Waals surface area (Å²) >= 11 is 0. The zero-order valence-electron chi connectivity index (χ0n) is 9.02. The third-order valence-corrected chi connectivity index (χ3v) is 4.07. The molecule has 7 heteroatoms. The fraction of sp³-hybridized carbons (Fsp3) is 0.556. The van der Waals surface area contributed by atoms with Crippen LogP contribution >= 0.6 is 0 Å². The van der Waals surface area contributed by atoms with Gasteiger partial charge < -0.3 is 11.1 Å². The van der Waals surface area contributed by atoms with E-state index in [0.29, 0.717) is 30.3 Å². The molecule has 1 aromatic rings. The van der Waals surface area contributed by atoms with Gasteiger partial charge in [-0.1, -0.05) is 0 Å². The van der Waals surface area contributed by atoms with Crippen LogP contribution in [0, 0.1) is 0 Å². The highest BCUT2D eigenvalue weighted by atomic mass is 32.2. The second-order valence-corrected chi connectivity index (χ2v) is 6.01. The van der Waals surface area contributed by atoms with Gasteiger partial charge in [-0.3, -0.25) is 0 Å². The van der Waals surface area contributed by atoms with Crippen molar-refractivity contribution in [3.63, 3.8) is 0 Å². The molecular weight excluding hydrogens is 228 g/mol. The van der Waals surface area contributed by atoms with Gasteiger partial charge in [0.1, 0.15) is 11.6 Å². The van der Waals surface area contributed by atoms with E-state index < -0.39 is 9.84 Å². The molecular formula is C9H14N4O2S. The lowest BCUT2D eigenvalue weighted by molar-refractivity contribution is 0.589. The third kappa shape index (κ3) is 2.14. The fourth-order valence-electron chi connectivity index (χ4n) is 1.77. The van der Waals surface area contributed by atoms with E-state index in [0.717, 1.165) is 5.56 Å². The Morgan fingerprint density at radius 2 is 2.19 bits per heavy atom. The Balaban J connectivity index is 2.45. The van der Waals surface area contributed by atoms with Gasteiger partial charge in [-0.2, -0.15) is 0 Å². The number of hydrogen-bond donors (Lipinski definition) is 2. The molecule has 6 nitrogen and oxygen atoms in total. The molecule has 16 heavy (non-hydrogen) atoms. The number of nitrogens with one attached hydrogen (secondary N) is 1. The lowest BCUT2D eigenvalue weighted by Crippen LogP contribution is -2.24. The van der Waals surface area contributed by atoms with Crippen LogP contribution in [-0.2, 0) is 28.6 Å². The molecule has 0 spiro atoms. The number of rotatable bonds is 2. The Morgan fingerprint density at radius 3 is 2.88 bits per heavy atom. The first kappa shape index (κ1) is 11.3. The van der Waals surface area contributed by atoms with Gasteiger partial charge in [0.2, 0.25) is 0 Å². The maximum absolute atomic E-state index is 11.5. The van der Waals surface area contributed by atoms with Crippen LogP contribution in [0.3, 0.4) is 0 Å². The summed E-state index contributed by atoms with van der Waals surface area (Å²) in [6.45, 7) is 0.484. The molecule has 0 saturated heterocycles. The highest BCUT2D eigenvalue weighted by Crippen LogP contribution is 2.22. The average molecular weight is 242 g/mol. The Morgan fingerprint density at radius 1 is 1.44 bits per heavy atom. The van der Waals surface area contributed by atoms with Gasteiger partial charge in [-0.25, -0.2) is 18.4 Å². The van der Waals surface area contributed by atoms with Crippen LogP contribution in [0.2, 0.25) is 0 Å². The minimum Gasteiger partial charge on any atom is -0.383 e. The number of nitrogens with two attached hydrogens (primary N) is 1. The molecule has 0 aliphatic carbocycles. The zero-order chi connectivity index (χ0) is 11.8. The summed E-state index contributed by atoms with van der Waals surface area (Å²) in [6, 6.07) is 0. The smallest absolute Gasteiger partial charge is 0.156 e. The number of nitrogens with zero attached hydrogens (tertiary/aromatic N) is 2. The van der Waals surface area contributed by atoms with E-state index in [4.69, 9.17) is 5.73 Å². The summed E-state index contributed by atoms with van der Waals surface area (Å²) in [5.41, 5.74) is 7.13. The van der Waals surface area contributed by atoms with Crippen LogP contribution in [0.15, 0.2) is 0 Å². The van der Waals surface area contributed by atoms with Gasteiger partial charge in [-0.05, 0) is 13.5 Å². The standard InChI is InChI=1S/C9H14N4O2S/c1-11-4-8-12-7-5-16(14,15)3-2-6(7)9(10)13-8/h11H,2-5H2,1H3,(H2,10,12,13). The van der Waals surface area contributed by atoms with Crippen molar-refractivity contribution in [2.24, 2.45) is 0 Å². The second kappa shape index (κ2) is 3.99. The molecule has 88 valence electrons. The summed E-state index contributed by atoms with van der Waals surface area (Å²) < 4.78 is 23.0. The lowest BCUT2D eigenvalue weighted by atomic mass is 10.1. The van der Waals surface area contributed by atoms with Crippen molar-refractivity contribution in [1.29, 1.82) is 0 Å². The van der Waals surface area contributed by atoms with Crippen molar-refractivity contribution >= 4 is 15.7 Å². The molecule has 0 amide bonds. The zero-order valence-corrected chi connectivity index (χ0v) is 9.84. The predicted molar refractivity (Wildman–Crippen MR) is 60.4 cm³/mol. The topological polar surface area (TPSA) is 98.0 Å². The summed E-state index contributed by atoms with van der Waals surface area (Å²) in [5.74, 6) is 1.06. The van der Waals surface area contributed by atoms with E-state index in [-0.39, 0.29) is 11.5 Å². The average Bonchev–Trinajstić information content (AvgIpc) is 2.15. The van der Waals surface area contributed by atoms with Gasteiger partial charge in [-0.15, -0.1) is 0 Å².